The second-order valence-electron chi connectivity index (χ2n) is 7.31. The second kappa shape index (κ2) is 8.16. The summed E-state index contributed by atoms with van der Waals surface area (Å²) in [7, 11) is 0. The van der Waals surface area contributed by atoms with Crippen LogP contribution in [0.1, 0.15) is 22.3 Å². The number of fused-ring (bicyclic) bond motifs is 1. The first-order valence-corrected chi connectivity index (χ1v) is 10.5. The molecular formula is C21H19BrClN3O3. The average Bonchev–Trinajstić information content (AvgIpc) is 3.12. The number of hydrogen-bond donors (Lipinski definition) is 2. The van der Waals surface area contributed by atoms with Crippen LogP contribution in [0, 0.1) is 0 Å². The molecule has 150 valence electrons. The van der Waals surface area contributed by atoms with E-state index in [1.807, 2.05) is 18.2 Å². The van der Waals surface area contributed by atoms with Gasteiger partial charge in [0.05, 0.1) is 0 Å². The molecular weight excluding hydrogens is 458 g/mol. The monoisotopic (exact) mass is 475 g/mol. The Morgan fingerprint density at radius 1 is 1.21 bits per heavy atom. The molecule has 2 N–H and O–H groups in total. The molecule has 2 aromatic carbocycles. The summed E-state index contributed by atoms with van der Waals surface area (Å²) in [6.07, 6.45) is 0.811. The van der Waals surface area contributed by atoms with Gasteiger partial charge < -0.3 is 15.5 Å². The fourth-order valence-corrected chi connectivity index (χ4v) is 4.38. The van der Waals surface area contributed by atoms with Gasteiger partial charge in [0.2, 0.25) is 11.8 Å². The highest BCUT2D eigenvalue weighted by molar-refractivity contribution is 9.10. The summed E-state index contributed by atoms with van der Waals surface area (Å²) in [5.74, 6) is -0.520. The Labute approximate surface area is 181 Å². The molecule has 2 aromatic rings. The molecule has 2 aliphatic heterocycles. The number of nitrogens with one attached hydrogen (secondary N) is 2. The quantitative estimate of drug-likeness (QED) is 0.712. The predicted octanol–water partition coefficient (Wildman–Crippen LogP) is 2.54. The number of nitrogens with zero attached hydrogens (tertiary/aromatic N) is 1. The fraction of sp³-hybridized carbons (Fsp3) is 0.286. The molecule has 3 atom stereocenters. The van der Waals surface area contributed by atoms with Crippen molar-refractivity contribution in [3.8, 4) is 0 Å². The highest BCUT2D eigenvalue weighted by Crippen LogP contribution is 2.24. The maximum absolute atomic E-state index is 12.9. The van der Waals surface area contributed by atoms with E-state index in [0.717, 1.165) is 10.0 Å². The highest BCUT2D eigenvalue weighted by atomic mass is 79.9. The lowest BCUT2D eigenvalue weighted by molar-refractivity contribution is -0.147. The molecule has 0 saturated carbocycles. The van der Waals surface area contributed by atoms with Crippen molar-refractivity contribution in [3.63, 3.8) is 0 Å². The molecule has 0 aromatic heterocycles. The molecule has 2 aliphatic rings. The predicted molar refractivity (Wildman–Crippen MR) is 113 cm³/mol. The molecule has 0 aliphatic carbocycles. The fourth-order valence-electron chi connectivity index (χ4n) is 3.86. The number of carbonyl (C=O) groups excluding carboxylic acids is 3. The first kappa shape index (κ1) is 19.9. The average molecular weight is 477 g/mol. The third kappa shape index (κ3) is 4.31. The minimum Gasteiger partial charge on any atom is -0.347 e. The standard InChI is InChI=1S/C21H19BrClN3O3/c22-14-3-1-2-13(9-14)19(27)24-16-10-18-20(28)25-17(21(29)26(18)11-16)8-12-4-6-15(23)7-5-12/h1-7,9,16-18H,8,10-11H2,(H,24,27)(H,25,28)/t16-,17-,18-/m0/s1. The number of amides is 3. The van der Waals surface area contributed by atoms with Crippen molar-refractivity contribution in [1.29, 1.82) is 0 Å². The van der Waals surface area contributed by atoms with Crippen LogP contribution in [0.25, 0.3) is 0 Å². The molecule has 2 heterocycles. The normalized spacial score (nSPS) is 23.5. The van der Waals surface area contributed by atoms with E-state index in [0.29, 0.717) is 30.0 Å². The minimum atomic E-state index is -0.612. The number of benzene rings is 2. The summed E-state index contributed by atoms with van der Waals surface area (Å²) in [6, 6.07) is 12.9. The molecule has 0 spiro atoms. The van der Waals surface area contributed by atoms with Crippen LogP contribution < -0.4 is 10.6 Å². The van der Waals surface area contributed by atoms with E-state index < -0.39 is 12.1 Å². The summed E-state index contributed by atoms with van der Waals surface area (Å²) in [4.78, 5) is 39.6. The van der Waals surface area contributed by atoms with Gasteiger partial charge in [-0.3, -0.25) is 14.4 Å². The van der Waals surface area contributed by atoms with E-state index in [2.05, 4.69) is 26.6 Å². The third-order valence-electron chi connectivity index (χ3n) is 5.28. The Kier molecular flexibility index (Phi) is 5.61. The van der Waals surface area contributed by atoms with Crippen molar-refractivity contribution >= 4 is 45.3 Å². The summed E-state index contributed by atoms with van der Waals surface area (Å²) in [5, 5.41) is 6.40. The van der Waals surface area contributed by atoms with Crippen LogP contribution in [-0.4, -0.2) is 47.3 Å². The van der Waals surface area contributed by atoms with E-state index in [-0.39, 0.29) is 23.8 Å². The van der Waals surface area contributed by atoms with Gasteiger partial charge in [-0.1, -0.05) is 45.7 Å². The maximum atomic E-state index is 12.9. The van der Waals surface area contributed by atoms with Gasteiger partial charge in [-0.05, 0) is 42.3 Å². The van der Waals surface area contributed by atoms with Gasteiger partial charge in [0, 0.05) is 34.1 Å². The van der Waals surface area contributed by atoms with Crippen LogP contribution in [0.3, 0.4) is 0 Å². The van der Waals surface area contributed by atoms with Crippen molar-refractivity contribution < 1.29 is 14.4 Å². The zero-order chi connectivity index (χ0) is 20.5. The van der Waals surface area contributed by atoms with Crippen LogP contribution in [0.15, 0.2) is 53.0 Å². The van der Waals surface area contributed by atoms with Crippen LogP contribution >= 0.6 is 27.5 Å². The molecule has 0 radical (unpaired) electrons. The molecule has 3 amide bonds. The number of carbonyl (C=O) groups is 3. The van der Waals surface area contributed by atoms with Gasteiger partial charge >= 0.3 is 0 Å². The lowest BCUT2D eigenvalue weighted by Gasteiger charge is -2.34. The minimum absolute atomic E-state index is 0.122. The van der Waals surface area contributed by atoms with Gasteiger partial charge in [0.25, 0.3) is 5.91 Å². The van der Waals surface area contributed by atoms with Crippen molar-refractivity contribution in [2.75, 3.05) is 6.54 Å². The van der Waals surface area contributed by atoms with Crippen molar-refractivity contribution in [2.45, 2.75) is 31.0 Å². The van der Waals surface area contributed by atoms with E-state index >= 15 is 0 Å². The summed E-state index contributed by atoms with van der Waals surface area (Å²) < 4.78 is 0.814. The molecule has 29 heavy (non-hydrogen) atoms. The first-order chi connectivity index (χ1) is 13.9. The summed E-state index contributed by atoms with van der Waals surface area (Å²) in [6.45, 7) is 0.327. The van der Waals surface area contributed by atoms with Crippen molar-refractivity contribution in [1.82, 2.24) is 15.5 Å². The van der Waals surface area contributed by atoms with Crippen molar-refractivity contribution in [3.05, 3.63) is 69.2 Å². The molecule has 2 saturated heterocycles. The van der Waals surface area contributed by atoms with Gasteiger partial charge in [-0.2, -0.15) is 0 Å². The Balaban J connectivity index is 1.42. The number of hydrogen-bond acceptors (Lipinski definition) is 3. The zero-order valence-corrected chi connectivity index (χ0v) is 17.7. The summed E-state index contributed by atoms with van der Waals surface area (Å²) in [5.41, 5.74) is 1.45. The van der Waals surface area contributed by atoms with E-state index in [1.54, 1.807) is 35.2 Å². The molecule has 6 nitrogen and oxygen atoms in total. The second-order valence-corrected chi connectivity index (χ2v) is 8.67. The molecule has 8 heteroatoms. The van der Waals surface area contributed by atoms with Crippen LogP contribution in [-0.2, 0) is 16.0 Å². The van der Waals surface area contributed by atoms with Crippen LogP contribution in [0.2, 0.25) is 5.02 Å². The van der Waals surface area contributed by atoms with Crippen LogP contribution in [0.4, 0.5) is 0 Å². The SMILES string of the molecule is O=C(N[C@H]1C[C@H]2C(=O)N[C@@H](Cc3ccc(Cl)cc3)C(=O)N2C1)c1cccc(Br)c1. The van der Waals surface area contributed by atoms with Crippen LogP contribution in [0.5, 0.6) is 0 Å². The Morgan fingerprint density at radius 3 is 2.69 bits per heavy atom. The highest BCUT2D eigenvalue weighted by Gasteiger charge is 2.46. The van der Waals surface area contributed by atoms with E-state index in [4.69, 9.17) is 11.6 Å². The lowest BCUT2D eigenvalue weighted by atomic mass is 10.0. The van der Waals surface area contributed by atoms with Gasteiger partial charge in [-0.15, -0.1) is 0 Å². The van der Waals surface area contributed by atoms with E-state index in [9.17, 15) is 14.4 Å². The Hall–Kier alpha value is -2.38. The smallest absolute Gasteiger partial charge is 0.251 e. The Bertz CT molecular complexity index is 966. The largest absolute Gasteiger partial charge is 0.347 e. The third-order valence-corrected chi connectivity index (χ3v) is 6.02. The summed E-state index contributed by atoms with van der Waals surface area (Å²) >= 11 is 9.26. The Morgan fingerprint density at radius 2 is 1.97 bits per heavy atom. The molecule has 2 fully saturated rings. The molecule has 0 bridgehead atoms. The number of piperazine rings is 1. The topological polar surface area (TPSA) is 78.5 Å². The number of halogens is 2. The van der Waals surface area contributed by atoms with Gasteiger partial charge in [0.1, 0.15) is 12.1 Å². The zero-order valence-electron chi connectivity index (χ0n) is 15.4. The first-order valence-electron chi connectivity index (χ1n) is 9.32. The van der Waals surface area contributed by atoms with E-state index in [1.165, 1.54) is 0 Å². The molecule has 0 unspecified atom stereocenters. The maximum Gasteiger partial charge on any atom is 0.251 e. The molecule has 4 rings (SSSR count). The number of rotatable bonds is 4. The lowest BCUT2D eigenvalue weighted by Crippen LogP contribution is -2.61. The van der Waals surface area contributed by atoms with Gasteiger partial charge in [0.15, 0.2) is 0 Å². The van der Waals surface area contributed by atoms with Gasteiger partial charge in [-0.25, -0.2) is 0 Å². The van der Waals surface area contributed by atoms with Crippen molar-refractivity contribution in [2.24, 2.45) is 0 Å².